The van der Waals surface area contributed by atoms with E-state index in [0.29, 0.717) is 5.82 Å². The fourth-order valence-corrected chi connectivity index (χ4v) is 4.08. The van der Waals surface area contributed by atoms with Crippen molar-refractivity contribution >= 4 is 32.4 Å². The monoisotopic (exact) mass is 441 g/mol. The number of aromatic nitrogens is 3. The molecule has 0 aliphatic carbocycles. The minimum atomic E-state index is -3.76. The van der Waals surface area contributed by atoms with E-state index in [9.17, 15) is 8.42 Å². The van der Waals surface area contributed by atoms with E-state index in [1.807, 2.05) is 65.2 Å². The summed E-state index contributed by atoms with van der Waals surface area (Å²) in [7, 11) is -3.76. The lowest BCUT2D eigenvalue weighted by atomic mass is 10.2. The van der Waals surface area contributed by atoms with Crippen molar-refractivity contribution in [2.24, 2.45) is 5.14 Å². The molecule has 8 heteroatoms. The van der Waals surface area contributed by atoms with Crippen LogP contribution in [0.3, 0.4) is 0 Å². The molecule has 0 saturated carbocycles. The summed E-state index contributed by atoms with van der Waals surface area (Å²) >= 11 is 0. The molecule has 158 valence electrons. The standard InChI is InChI=1S/C24H19N5O2S/c25-32(30,31)21-12-6-17(7-13-21)24-28-22-16-26-15-14-23(22)29(24)20-10-8-19(9-11-20)27-18-4-2-1-3-5-18/h1-16,27H,(H2,25,30,31). The van der Waals surface area contributed by atoms with E-state index in [2.05, 4.69) is 10.3 Å². The Labute approximate surface area is 185 Å². The number of primary sulfonamides is 1. The number of imidazole rings is 1. The summed E-state index contributed by atoms with van der Waals surface area (Å²) in [6, 6.07) is 26.3. The highest BCUT2D eigenvalue weighted by Gasteiger charge is 2.16. The van der Waals surface area contributed by atoms with Crippen LogP contribution in [0.5, 0.6) is 0 Å². The Balaban J connectivity index is 1.58. The Hall–Kier alpha value is -4.01. The van der Waals surface area contributed by atoms with E-state index in [1.54, 1.807) is 24.5 Å². The summed E-state index contributed by atoms with van der Waals surface area (Å²) in [5, 5.41) is 8.61. The van der Waals surface area contributed by atoms with E-state index in [0.717, 1.165) is 33.7 Å². The van der Waals surface area contributed by atoms with Crippen LogP contribution < -0.4 is 10.5 Å². The zero-order chi connectivity index (χ0) is 22.1. The van der Waals surface area contributed by atoms with E-state index in [4.69, 9.17) is 10.1 Å². The van der Waals surface area contributed by atoms with Crippen LogP contribution in [-0.2, 0) is 10.0 Å². The molecule has 0 amide bonds. The number of para-hydroxylation sites is 1. The maximum absolute atomic E-state index is 11.6. The van der Waals surface area contributed by atoms with E-state index in [1.165, 1.54) is 12.1 Å². The molecule has 0 fully saturated rings. The molecule has 3 aromatic carbocycles. The topological polar surface area (TPSA) is 103 Å². The van der Waals surface area contributed by atoms with Crippen molar-refractivity contribution in [2.75, 3.05) is 5.32 Å². The first-order chi connectivity index (χ1) is 15.5. The number of benzene rings is 3. The molecule has 0 atom stereocenters. The van der Waals surface area contributed by atoms with Gasteiger partial charge in [0.15, 0.2) is 0 Å². The second-order valence-corrected chi connectivity index (χ2v) is 8.80. The summed E-state index contributed by atoms with van der Waals surface area (Å²) in [5.74, 6) is 0.678. The zero-order valence-electron chi connectivity index (χ0n) is 16.9. The van der Waals surface area contributed by atoms with Gasteiger partial charge in [0.25, 0.3) is 0 Å². The Bertz CT molecular complexity index is 1490. The number of fused-ring (bicyclic) bond motifs is 1. The fraction of sp³-hybridized carbons (Fsp3) is 0. The molecule has 0 aliphatic rings. The van der Waals surface area contributed by atoms with E-state index in [-0.39, 0.29) is 4.90 Å². The molecule has 0 spiro atoms. The highest BCUT2D eigenvalue weighted by Crippen LogP contribution is 2.29. The summed E-state index contributed by atoms with van der Waals surface area (Å²) in [6.45, 7) is 0. The first-order valence-corrected chi connectivity index (χ1v) is 11.4. The number of pyridine rings is 1. The molecule has 7 nitrogen and oxygen atoms in total. The average molecular weight is 442 g/mol. The van der Waals surface area contributed by atoms with Gasteiger partial charge in [-0.05, 0) is 66.7 Å². The number of nitrogens with two attached hydrogens (primary N) is 1. The van der Waals surface area contributed by atoms with Gasteiger partial charge >= 0.3 is 0 Å². The van der Waals surface area contributed by atoms with Crippen molar-refractivity contribution in [1.82, 2.24) is 14.5 Å². The quantitative estimate of drug-likeness (QED) is 0.419. The van der Waals surface area contributed by atoms with Gasteiger partial charge < -0.3 is 5.32 Å². The summed E-state index contributed by atoms with van der Waals surface area (Å²) in [4.78, 5) is 8.98. The van der Waals surface area contributed by atoms with Crippen LogP contribution in [0.4, 0.5) is 11.4 Å². The second kappa shape index (κ2) is 7.92. The molecule has 3 N–H and O–H groups in total. The number of sulfonamides is 1. The maximum Gasteiger partial charge on any atom is 0.238 e. The van der Waals surface area contributed by atoms with Crippen molar-refractivity contribution < 1.29 is 8.42 Å². The maximum atomic E-state index is 11.6. The van der Waals surface area contributed by atoms with E-state index >= 15 is 0 Å². The molecule has 5 aromatic rings. The SMILES string of the molecule is NS(=O)(=O)c1ccc(-c2nc3cnccc3n2-c2ccc(Nc3ccccc3)cc2)cc1. The minimum absolute atomic E-state index is 0.0573. The van der Waals surface area contributed by atoms with Crippen molar-refractivity contribution in [1.29, 1.82) is 0 Å². The molecule has 5 rings (SSSR count). The van der Waals surface area contributed by atoms with Gasteiger partial charge in [0, 0.05) is 28.8 Å². The van der Waals surface area contributed by atoms with Gasteiger partial charge in [-0.1, -0.05) is 18.2 Å². The molecular formula is C24H19N5O2S. The number of nitrogens with zero attached hydrogens (tertiary/aromatic N) is 3. The van der Waals surface area contributed by atoms with Gasteiger partial charge in [0.05, 0.1) is 16.6 Å². The number of hydrogen-bond donors (Lipinski definition) is 2. The van der Waals surface area contributed by atoms with Gasteiger partial charge in [-0.3, -0.25) is 9.55 Å². The van der Waals surface area contributed by atoms with Crippen LogP contribution in [0.15, 0.2) is 102 Å². The Morgan fingerprint density at radius 1 is 0.812 bits per heavy atom. The normalized spacial score (nSPS) is 11.5. The van der Waals surface area contributed by atoms with Crippen LogP contribution >= 0.6 is 0 Å². The first kappa shape index (κ1) is 19.9. The number of nitrogens with one attached hydrogen (secondary N) is 1. The number of hydrogen-bond acceptors (Lipinski definition) is 5. The Morgan fingerprint density at radius 2 is 1.50 bits per heavy atom. The summed E-state index contributed by atoms with van der Waals surface area (Å²) < 4.78 is 25.3. The van der Waals surface area contributed by atoms with Crippen molar-refractivity contribution in [3.63, 3.8) is 0 Å². The predicted octanol–water partition coefficient (Wildman–Crippen LogP) is 4.48. The molecule has 0 aliphatic heterocycles. The second-order valence-electron chi connectivity index (χ2n) is 7.24. The third kappa shape index (κ3) is 3.84. The molecule has 0 saturated heterocycles. The number of rotatable bonds is 5. The molecule has 2 heterocycles. The molecule has 0 unspecified atom stereocenters. The molecular weight excluding hydrogens is 422 g/mol. The largest absolute Gasteiger partial charge is 0.356 e. The molecule has 0 radical (unpaired) electrons. The molecule has 32 heavy (non-hydrogen) atoms. The van der Waals surface area contributed by atoms with Gasteiger partial charge in [0.2, 0.25) is 10.0 Å². The lowest BCUT2D eigenvalue weighted by molar-refractivity contribution is 0.598. The smallest absolute Gasteiger partial charge is 0.238 e. The predicted molar refractivity (Wildman–Crippen MR) is 125 cm³/mol. The summed E-state index contributed by atoms with van der Waals surface area (Å²) in [6.07, 6.45) is 3.43. The average Bonchev–Trinajstić information content (AvgIpc) is 3.19. The number of anilines is 2. The van der Waals surface area contributed by atoms with Crippen LogP contribution in [0.25, 0.3) is 28.1 Å². The Morgan fingerprint density at radius 3 is 2.19 bits per heavy atom. The van der Waals surface area contributed by atoms with Crippen LogP contribution in [0.2, 0.25) is 0 Å². The minimum Gasteiger partial charge on any atom is -0.356 e. The van der Waals surface area contributed by atoms with Gasteiger partial charge in [-0.2, -0.15) is 0 Å². The van der Waals surface area contributed by atoms with Crippen LogP contribution in [0, 0.1) is 0 Å². The highest BCUT2D eigenvalue weighted by atomic mass is 32.2. The molecule has 0 bridgehead atoms. The van der Waals surface area contributed by atoms with Crippen molar-refractivity contribution in [3.05, 3.63) is 97.3 Å². The van der Waals surface area contributed by atoms with Crippen LogP contribution in [0.1, 0.15) is 0 Å². The first-order valence-electron chi connectivity index (χ1n) is 9.87. The van der Waals surface area contributed by atoms with Gasteiger partial charge in [0.1, 0.15) is 11.3 Å². The third-order valence-electron chi connectivity index (χ3n) is 5.09. The lowest BCUT2D eigenvalue weighted by Crippen LogP contribution is -2.11. The highest BCUT2D eigenvalue weighted by molar-refractivity contribution is 7.89. The van der Waals surface area contributed by atoms with Crippen molar-refractivity contribution in [2.45, 2.75) is 4.90 Å². The van der Waals surface area contributed by atoms with Crippen molar-refractivity contribution in [3.8, 4) is 17.1 Å². The third-order valence-corrected chi connectivity index (χ3v) is 6.02. The van der Waals surface area contributed by atoms with Gasteiger partial charge in [-0.15, -0.1) is 0 Å². The fourth-order valence-electron chi connectivity index (χ4n) is 3.56. The Kier molecular flexibility index (Phi) is 4.93. The zero-order valence-corrected chi connectivity index (χ0v) is 17.7. The molecule has 2 aromatic heterocycles. The van der Waals surface area contributed by atoms with E-state index < -0.39 is 10.0 Å². The summed E-state index contributed by atoms with van der Waals surface area (Å²) in [5.41, 5.74) is 5.29. The lowest BCUT2D eigenvalue weighted by Gasteiger charge is -2.12. The van der Waals surface area contributed by atoms with Gasteiger partial charge in [-0.25, -0.2) is 18.5 Å². The van der Waals surface area contributed by atoms with Crippen LogP contribution in [-0.4, -0.2) is 23.0 Å².